The Labute approximate surface area is 144 Å². The van der Waals surface area contributed by atoms with Crippen LogP contribution in [-0.4, -0.2) is 41.1 Å². The van der Waals surface area contributed by atoms with Gasteiger partial charge in [-0.05, 0) is 49.8 Å². The molecule has 2 aromatic rings. The largest absolute Gasteiger partial charge is 0.458 e. The second-order valence-electron chi connectivity index (χ2n) is 5.53. The van der Waals surface area contributed by atoms with E-state index in [0.717, 1.165) is 19.3 Å². The minimum absolute atomic E-state index is 0.0371. The van der Waals surface area contributed by atoms with Gasteiger partial charge in [0.1, 0.15) is 12.4 Å². The number of rotatable bonds is 5. The van der Waals surface area contributed by atoms with Gasteiger partial charge in [0.15, 0.2) is 10.9 Å². The molecule has 1 saturated heterocycles. The predicted octanol–water partition coefficient (Wildman–Crippen LogP) is 3.46. The lowest BCUT2D eigenvalue weighted by Crippen LogP contribution is -2.26. The molecular weight excluding hydrogens is 331 g/mol. The fourth-order valence-electron chi connectivity index (χ4n) is 2.64. The Hall–Kier alpha value is -1.86. The molecule has 24 heavy (non-hydrogen) atoms. The van der Waals surface area contributed by atoms with E-state index in [-0.39, 0.29) is 18.5 Å². The highest BCUT2D eigenvalue weighted by molar-refractivity contribution is 7.98. The second-order valence-corrected chi connectivity index (χ2v) is 6.30. The summed E-state index contributed by atoms with van der Waals surface area (Å²) >= 11 is 1.40. The molecule has 0 aliphatic carbocycles. The molecule has 1 fully saturated rings. The minimum Gasteiger partial charge on any atom is -0.458 e. The molecule has 0 bridgehead atoms. The second kappa shape index (κ2) is 7.81. The van der Waals surface area contributed by atoms with E-state index >= 15 is 0 Å². The predicted molar refractivity (Wildman–Crippen MR) is 89.2 cm³/mol. The number of thioether (sulfide) groups is 1. The van der Waals surface area contributed by atoms with Gasteiger partial charge in [0, 0.05) is 12.3 Å². The van der Waals surface area contributed by atoms with Crippen molar-refractivity contribution in [2.75, 3.05) is 19.5 Å². The molecule has 1 aliphatic heterocycles. The van der Waals surface area contributed by atoms with Crippen molar-refractivity contribution in [2.45, 2.75) is 30.5 Å². The zero-order valence-corrected chi connectivity index (χ0v) is 14.2. The summed E-state index contributed by atoms with van der Waals surface area (Å²) in [5.41, 5.74) is 0.987. The number of halogens is 1. The summed E-state index contributed by atoms with van der Waals surface area (Å²) in [5.74, 6) is -0.788. The lowest BCUT2D eigenvalue weighted by atomic mass is 10.1. The number of aromatic nitrogens is 2. The fraction of sp³-hybridized carbons (Fsp3) is 0.412. The molecule has 128 valence electrons. The normalized spacial score (nSPS) is 17.7. The van der Waals surface area contributed by atoms with Gasteiger partial charge in [-0.1, -0.05) is 11.8 Å². The van der Waals surface area contributed by atoms with E-state index in [1.165, 1.54) is 30.1 Å². The minimum atomic E-state index is -0.457. The molecule has 1 aromatic heterocycles. The van der Waals surface area contributed by atoms with Gasteiger partial charge in [-0.25, -0.2) is 14.2 Å². The first-order valence-corrected chi connectivity index (χ1v) is 9.08. The Morgan fingerprint density at radius 1 is 1.42 bits per heavy atom. The van der Waals surface area contributed by atoms with E-state index in [2.05, 4.69) is 4.98 Å². The maximum absolute atomic E-state index is 13.2. The van der Waals surface area contributed by atoms with Crippen LogP contribution in [0.2, 0.25) is 0 Å². The van der Waals surface area contributed by atoms with Crippen molar-refractivity contribution < 1.29 is 18.7 Å². The van der Waals surface area contributed by atoms with Gasteiger partial charge < -0.3 is 9.47 Å². The standard InChI is InChI=1S/C17H19FN2O3S/c1-24-17-19-10-15(20(17)13-7-5-12(18)6-8-13)16(21)23-11-14-4-2-3-9-22-14/h5-8,10,14H,2-4,9,11H2,1H3. The number of benzene rings is 1. The zero-order chi connectivity index (χ0) is 16.9. The molecule has 0 radical (unpaired) electrons. The lowest BCUT2D eigenvalue weighted by molar-refractivity contribution is -0.0303. The number of nitrogens with zero attached hydrogens (tertiary/aromatic N) is 2. The van der Waals surface area contributed by atoms with Crippen LogP contribution in [0.1, 0.15) is 29.8 Å². The smallest absolute Gasteiger partial charge is 0.357 e. The molecule has 0 N–H and O–H groups in total. The van der Waals surface area contributed by atoms with Crippen LogP contribution in [0, 0.1) is 5.82 Å². The molecule has 2 heterocycles. The summed E-state index contributed by atoms with van der Waals surface area (Å²) in [5, 5.41) is 0.641. The molecule has 1 aromatic carbocycles. The van der Waals surface area contributed by atoms with Crippen LogP contribution >= 0.6 is 11.8 Å². The molecule has 1 aliphatic rings. The highest BCUT2D eigenvalue weighted by Gasteiger charge is 2.21. The molecule has 1 unspecified atom stereocenters. The third-order valence-electron chi connectivity index (χ3n) is 3.88. The number of carbonyl (C=O) groups excluding carboxylic acids is 1. The molecule has 0 spiro atoms. The SMILES string of the molecule is CSc1ncc(C(=O)OCC2CCCCO2)n1-c1ccc(F)cc1. The van der Waals surface area contributed by atoms with Gasteiger partial charge in [0.05, 0.1) is 12.3 Å². The summed E-state index contributed by atoms with van der Waals surface area (Å²) < 4.78 is 25.8. The van der Waals surface area contributed by atoms with E-state index < -0.39 is 5.97 Å². The van der Waals surface area contributed by atoms with Gasteiger partial charge >= 0.3 is 5.97 Å². The number of hydrogen-bond donors (Lipinski definition) is 0. The monoisotopic (exact) mass is 350 g/mol. The van der Waals surface area contributed by atoms with Crippen LogP contribution < -0.4 is 0 Å². The summed E-state index contributed by atoms with van der Waals surface area (Å²) in [7, 11) is 0. The first-order valence-electron chi connectivity index (χ1n) is 7.85. The summed E-state index contributed by atoms with van der Waals surface area (Å²) in [4.78, 5) is 16.7. The highest BCUT2D eigenvalue weighted by atomic mass is 32.2. The number of carbonyl (C=O) groups is 1. The Balaban J connectivity index is 1.78. The summed E-state index contributed by atoms with van der Waals surface area (Å²) in [6.45, 7) is 0.953. The first kappa shape index (κ1) is 17.0. The fourth-order valence-corrected chi connectivity index (χ4v) is 3.19. The van der Waals surface area contributed by atoms with E-state index in [1.54, 1.807) is 16.7 Å². The zero-order valence-electron chi connectivity index (χ0n) is 13.4. The first-order chi connectivity index (χ1) is 11.7. The summed E-state index contributed by atoms with van der Waals surface area (Å²) in [6.07, 6.45) is 6.36. The summed E-state index contributed by atoms with van der Waals surface area (Å²) in [6, 6.07) is 5.92. The van der Waals surface area contributed by atoms with Gasteiger partial charge in [-0.3, -0.25) is 4.57 Å². The van der Waals surface area contributed by atoms with Crippen molar-refractivity contribution in [1.82, 2.24) is 9.55 Å². The quantitative estimate of drug-likeness (QED) is 0.611. The van der Waals surface area contributed by atoms with Crippen molar-refractivity contribution >= 4 is 17.7 Å². The van der Waals surface area contributed by atoms with Crippen LogP contribution in [0.25, 0.3) is 5.69 Å². The molecule has 1 atom stereocenters. The van der Waals surface area contributed by atoms with Crippen LogP contribution in [-0.2, 0) is 9.47 Å². The third kappa shape index (κ3) is 3.79. The highest BCUT2D eigenvalue weighted by Crippen LogP contribution is 2.23. The number of ether oxygens (including phenoxy) is 2. The van der Waals surface area contributed by atoms with Crippen molar-refractivity contribution in [2.24, 2.45) is 0 Å². The number of hydrogen-bond acceptors (Lipinski definition) is 5. The molecule has 7 heteroatoms. The van der Waals surface area contributed by atoms with E-state index in [0.29, 0.717) is 23.1 Å². The van der Waals surface area contributed by atoms with Crippen molar-refractivity contribution in [3.05, 3.63) is 42.0 Å². The topological polar surface area (TPSA) is 53.4 Å². The molecule has 0 saturated carbocycles. The van der Waals surface area contributed by atoms with Crippen molar-refractivity contribution in [3.63, 3.8) is 0 Å². The van der Waals surface area contributed by atoms with Crippen molar-refractivity contribution in [3.8, 4) is 5.69 Å². The van der Waals surface area contributed by atoms with Crippen LogP contribution in [0.4, 0.5) is 4.39 Å². The Morgan fingerprint density at radius 2 is 2.21 bits per heavy atom. The molecule has 5 nitrogen and oxygen atoms in total. The van der Waals surface area contributed by atoms with Crippen LogP contribution in [0.15, 0.2) is 35.6 Å². The van der Waals surface area contributed by atoms with Gasteiger partial charge in [0.25, 0.3) is 0 Å². The Kier molecular flexibility index (Phi) is 5.52. The number of imidazole rings is 1. The molecule has 3 rings (SSSR count). The van der Waals surface area contributed by atoms with Crippen LogP contribution in [0.5, 0.6) is 0 Å². The van der Waals surface area contributed by atoms with E-state index in [9.17, 15) is 9.18 Å². The Morgan fingerprint density at radius 3 is 2.88 bits per heavy atom. The van der Waals surface area contributed by atoms with Crippen LogP contribution in [0.3, 0.4) is 0 Å². The van der Waals surface area contributed by atoms with Crippen molar-refractivity contribution in [1.29, 1.82) is 0 Å². The van der Waals surface area contributed by atoms with Gasteiger partial charge in [0.2, 0.25) is 0 Å². The molecule has 0 amide bonds. The average molecular weight is 350 g/mol. The molecular formula is C17H19FN2O3S. The Bertz CT molecular complexity index is 696. The van der Waals surface area contributed by atoms with E-state index in [4.69, 9.17) is 9.47 Å². The maximum atomic E-state index is 13.2. The number of esters is 1. The van der Waals surface area contributed by atoms with E-state index in [1.807, 2.05) is 6.26 Å². The average Bonchev–Trinajstić information content (AvgIpc) is 3.05. The maximum Gasteiger partial charge on any atom is 0.357 e. The third-order valence-corrected chi connectivity index (χ3v) is 4.53. The lowest BCUT2D eigenvalue weighted by Gasteiger charge is -2.22. The van der Waals surface area contributed by atoms with Gasteiger partial charge in [-0.2, -0.15) is 0 Å². The van der Waals surface area contributed by atoms with Gasteiger partial charge in [-0.15, -0.1) is 0 Å².